The molecule has 10 nitrogen and oxygen atoms in total. The lowest BCUT2D eigenvalue weighted by molar-refractivity contribution is -0.131. The van der Waals surface area contributed by atoms with Crippen LogP contribution in [-0.4, -0.2) is 90.1 Å². The number of amides is 2. The van der Waals surface area contributed by atoms with Crippen molar-refractivity contribution in [3.8, 4) is 0 Å². The van der Waals surface area contributed by atoms with Gasteiger partial charge in [-0.15, -0.1) is 0 Å². The zero-order valence-corrected chi connectivity index (χ0v) is 16.9. The van der Waals surface area contributed by atoms with Crippen LogP contribution >= 0.6 is 0 Å². The Morgan fingerprint density at radius 1 is 0.893 bits per heavy atom. The molecule has 0 radical (unpaired) electrons. The molecular formula is C18H35N3O7. The van der Waals surface area contributed by atoms with Crippen LogP contribution in [0.25, 0.3) is 0 Å². The maximum atomic E-state index is 11.9. The first kappa shape index (κ1) is 26.4. The Morgan fingerprint density at radius 3 is 1.86 bits per heavy atom. The van der Waals surface area contributed by atoms with Crippen molar-refractivity contribution in [2.24, 2.45) is 11.7 Å². The maximum absolute atomic E-state index is 11.9. The quantitative estimate of drug-likeness (QED) is 0.181. The second-order valence-electron chi connectivity index (χ2n) is 6.19. The fourth-order valence-corrected chi connectivity index (χ4v) is 2.04. The van der Waals surface area contributed by atoms with Crippen molar-refractivity contribution in [2.75, 3.05) is 65.9 Å². The monoisotopic (exact) mass is 405 g/mol. The van der Waals surface area contributed by atoms with Gasteiger partial charge in [-0.05, 0) is 5.92 Å². The molecule has 0 heterocycles. The maximum Gasteiger partial charge on any atom is 0.243 e. The van der Waals surface area contributed by atoms with Crippen LogP contribution in [0.15, 0.2) is 0 Å². The molecule has 164 valence electrons. The minimum absolute atomic E-state index is 0.0753. The van der Waals surface area contributed by atoms with Gasteiger partial charge in [0.25, 0.3) is 0 Å². The average molecular weight is 405 g/mol. The van der Waals surface area contributed by atoms with Crippen molar-refractivity contribution in [3.05, 3.63) is 0 Å². The molecule has 0 bridgehead atoms. The average Bonchev–Trinajstić information content (AvgIpc) is 2.67. The summed E-state index contributed by atoms with van der Waals surface area (Å²) in [6.07, 6.45) is 0.729. The first-order chi connectivity index (χ1) is 13.5. The van der Waals surface area contributed by atoms with Gasteiger partial charge in [0.05, 0.1) is 59.4 Å². The van der Waals surface area contributed by atoms with Gasteiger partial charge < -0.3 is 40.1 Å². The van der Waals surface area contributed by atoms with Crippen LogP contribution in [0.3, 0.4) is 0 Å². The Bertz CT molecular complexity index is 422. The van der Waals surface area contributed by atoms with E-state index in [1.165, 1.54) is 0 Å². The van der Waals surface area contributed by atoms with Crippen LogP contribution in [0.2, 0.25) is 0 Å². The van der Waals surface area contributed by atoms with E-state index in [0.717, 1.165) is 0 Å². The lowest BCUT2D eigenvalue weighted by atomic mass is 10.0. The van der Waals surface area contributed by atoms with E-state index in [1.54, 1.807) is 0 Å². The van der Waals surface area contributed by atoms with Gasteiger partial charge in [0, 0.05) is 13.0 Å². The predicted molar refractivity (Wildman–Crippen MR) is 103 cm³/mol. The minimum Gasteiger partial charge on any atom is -0.379 e. The molecule has 0 unspecified atom stereocenters. The lowest BCUT2D eigenvalue weighted by Gasteiger charge is -2.21. The summed E-state index contributed by atoms with van der Waals surface area (Å²) in [7, 11) is 0. The van der Waals surface area contributed by atoms with Crippen LogP contribution in [0.1, 0.15) is 20.3 Å². The minimum atomic E-state index is -0.684. The van der Waals surface area contributed by atoms with E-state index in [0.29, 0.717) is 59.1 Å². The number of hydrogen-bond acceptors (Lipinski definition) is 8. The fourth-order valence-electron chi connectivity index (χ4n) is 2.04. The number of rotatable bonds is 19. The molecule has 0 aromatic carbocycles. The summed E-state index contributed by atoms with van der Waals surface area (Å²) in [5.74, 6) is -0.761. The van der Waals surface area contributed by atoms with Crippen molar-refractivity contribution in [3.63, 3.8) is 0 Å². The fraction of sp³-hybridized carbons (Fsp3) is 0.833. The van der Waals surface area contributed by atoms with Gasteiger partial charge in [0.15, 0.2) is 0 Å². The molecule has 1 atom stereocenters. The molecule has 0 aliphatic rings. The van der Waals surface area contributed by atoms with Crippen LogP contribution in [0.4, 0.5) is 0 Å². The molecule has 2 amide bonds. The summed E-state index contributed by atoms with van der Waals surface area (Å²) < 4.78 is 21.1. The highest BCUT2D eigenvalue weighted by atomic mass is 16.6. The molecule has 0 rings (SSSR count). The molecular weight excluding hydrogens is 370 g/mol. The topological polar surface area (TPSA) is 138 Å². The smallest absolute Gasteiger partial charge is 0.243 e. The van der Waals surface area contributed by atoms with Gasteiger partial charge in [-0.2, -0.15) is 0 Å². The first-order valence-electron chi connectivity index (χ1n) is 9.54. The Kier molecular flexibility index (Phi) is 17.7. The van der Waals surface area contributed by atoms with Gasteiger partial charge in [-0.3, -0.25) is 9.59 Å². The van der Waals surface area contributed by atoms with Gasteiger partial charge >= 0.3 is 0 Å². The molecule has 0 saturated heterocycles. The normalized spacial score (nSPS) is 12.0. The summed E-state index contributed by atoms with van der Waals surface area (Å²) in [6, 6.07) is -0.684. The lowest BCUT2D eigenvalue weighted by Crippen LogP contribution is -2.50. The van der Waals surface area contributed by atoms with Crippen molar-refractivity contribution < 1.29 is 33.3 Å². The summed E-state index contributed by atoms with van der Waals surface area (Å²) in [5, 5.41) is 5.10. The van der Waals surface area contributed by atoms with Crippen LogP contribution in [0.5, 0.6) is 0 Å². The Balaban J connectivity index is 3.62. The van der Waals surface area contributed by atoms with Crippen molar-refractivity contribution in [2.45, 2.75) is 26.3 Å². The third kappa shape index (κ3) is 15.5. The molecule has 0 aliphatic carbocycles. The second-order valence-corrected chi connectivity index (χ2v) is 6.19. The Labute approximate surface area is 166 Å². The molecule has 0 spiro atoms. The van der Waals surface area contributed by atoms with Crippen LogP contribution in [-0.2, 0) is 33.3 Å². The first-order valence-corrected chi connectivity index (χ1v) is 9.54. The zero-order chi connectivity index (χ0) is 21.0. The third-order valence-corrected chi connectivity index (χ3v) is 3.48. The summed E-state index contributed by atoms with van der Waals surface area (Å²) >= 11 is 0. The molecule has 0 fully saturated rings. The van der Waals surface area contributed by atoms with E-state index >= 15 is 0 Å². The molecule has 0 aromatic heterocycles. The standard InChI is InChI=1S/C18H35N3O7/c1-15(2)17(18(24)20-5-6-22)21-16(23)3-7-25-9-11-27-13-14-28-12-10-26-8-4-19/h6,15,17H,3-5,7-14,19H2,1-2H3,(H,20,24)(H,21,23)/t17-/m0/s1. The highest BCUT2D eigenvalue weighted by molar-refractivity contribution is 5.88. The Morgan fingerprint density at radius 2 is 1.39 bits per heavy atom. The molecule has 28 heavy (non-hydrogen) atoms. The van der Waals surface area contributed by atoms with Gasteiger partial charge in [0.2, 0.25) is 11.8 Å². The van der Waals surface area contributed by atoms with E-state index in [1.807, 2.05) is 13.8 Å². The number of carbonyl (C=O) groups excluding carboxylic acids is 3. The van der Waals surface area contributed by atoms with Crippen molar-refractivity contribution in [1.29, 1.82) is 0 Å². The highest BCUT2D eigenvalue weighted by Gasteiger charge is 2.23. The molecule has 0 aromatic rings. The summed E-state index contributed by atoms with van der Waals surface area (Å²) in [5.41, 5.74) is 5.29. The predicted octanol–water partition coefficient (Wildman–Crippen LogP) is -1.14. The highest BCUT2D eigenvalue weighted by Crippen LogP contribution is 2.02. The summed E-state index contributed by atoms with van der Waals surface area (Å²) in [4.78, 5) is 34.2. The van der Waals surface area contributed by atoms with Crippen molar-refractivity contribution >= 4 is 18.1 Å². The zero-order valence-electron chi connectivity index (χ0n) is 16.9. The SMILES string of the molecule is CC(C)[C@H](NC(=O)CCOCCOCCOCCOCCN)C(=O)NCC=O. The van der Waals surface area contributed by atoms with Crippen molar-refractivity contribution in [1.82, 2.24) is 10.6 Å². The number of ether oxygens (including phenoxy) is 4. The summed E-state index contributed by atoms with van der Waals surface area (Å²) in [6.45, 7) is 7.51. The van der Waals surface area contributed by atoms with Gasteiger partial charge in [-0.1, -0.05) is 13.8 Å². The van der Waals surface area contributed by atoms with E-state index in [-0.39, 0.29) is 37.3 Å². The molecule has 10 heteroatoms. The van der Waals surface area contributed by atoms with E-state index < -0.39 is 6.04 Å². The third-order valence-electron chi connectivity index (χ3n) is 3.48. The van der Waals surface area contributed by atoms with E-state index in [4.69, 9.17) is 24.7 Å². The molecule has 4 N–H and O–H groups in total. The van der Waals surface area contributed by atoms with Gasteiger partial charge in [-0.25, -0.2) is 0 Å². The number of carbonyl (C=O) groups is 3. The number of nitrogens with one attached hydrogen (secondary N) is 2. The molecule has 0 saturated carbocycles. The largest absolute Gasteiger partial charge is 0.379 e. The van der Waals surface area contributed by atoms with E-state index in [9.17, 15) is 14.4 Å². The van der Waals surface area contributed by atoms with E-state index in [2.05, 4.69) is 10.6 Å². The number of nitrogens with two attached hydrogens (primary N) is 1. The van der Waals surface area contributed by atoms with Gasteiger partial charge in [0.1, 0.15) is 12.3 Å². The number of aldehydes is 1. The second kappa shape index (κ2) is 18.8. The molecule has 0 aliphatic heterocycles. The Hall–Kier alpha value is -1.59. The van der Waals surface area contributed by atoms with Crippen LogP contribution in [0, 0.1) is 5.92 Å². The number of hydrogen-bond donors (Lipinski definition) is 3. The van der Waals surface area contributed by atoms with Crippen LogP contribution < -0.4 is 16.4 Å².